The average Bonchev–Trinajstić information content (AvgIpc) is 3.47. The summed E-state index contributed by atoms with van der Waals surface area (Å²) in [6.45, 7) is 0. The number of rotatable bonds is 9. The number of benzene rings is 11. The molecule has 0 bridgehead atoms. The van der Waals surface area contributed by atoms with Crippen LogP contribution in [0.1, 0.15) is 45.7 Å². The third-order valence-electron chi connectivity index (χ3n) is 13.8. The monoisotopic (exact) mass is 922 g/mol. The Labute approximate surface area is 418 Å². The van der Waals surface area contributed by atoms with Crippen LogP contribution in [0.15, 0.2) is 275 Å². The fourth-order valence-electron chi connectivity index (χ4n) is 10.2. The van der Waals surface area contributed by atoms with E-state index in [4.69, 9.17) is 20.0 Å². The van der Waals surface area contributed by atoms with Crippen molar-refractivity contribution in [1.29, 1.82) is 0 Å². The Kier molecular flexibility index (Phi) is 10.9. The van der Waals surface area contributed by atoms with E-state index >= 15 is 0 Å². The Bertz CT molecular complexity index is 3950. The standard InChI is InChI=1S/C66H46N6/c1-4-17-46(18-5-1)61-67-62(47-19-6-2-7-20-47)69-64(68-61)49-33-29-44(30-34-49)53-38-40-59(57-26-14-12-24-55(53)57)60-41-39-54(56-25-13-15-27-58(56)60)45-31-35-50(36-32-45)65-70-63(48-21-8-3-9-22-48)71-66(72-65)52-37-28-43-16-10-11-23-51(43)42-52/h1-42,61,65H,(H,67,68,69)(H,70,71,72). The Morgan fingerprint density at radius 1 is 0.264 bits per heavy atom. The maximum atomic E-state index is 5.21. The summed E-state index contributed by atoms with van der Waals surface area (Å²) in [6.07, 6.45) is -0.572. The van der Waals surface area contributed by atoms with Crippen LogP contribution in [0.3, 0.4) is 0 Å². The normalized spacial score (nSPS) is 15.5. The van der Waals surface area contributed by atoms with Crippen LogP contribution in [-0.2, 0) is 0 Å². The molecule has 2 N–H and O–H groups in total. The van der Waals surface area contributed by atoms with E-state index in [9.17, 15) is 0 Å². The van der Waals surface area contributed by atoms with Gasteiger partial charge < -0.3 is 10.6 Å². The van der Waals surface area contributed by atoms with E-state index in [1.807, 2.05) is 54.6 Å². The van der Waals surface area contributed by atoms with Crippen molar-refractivity contribution < 1.29 is 0 Å². The highest BCUT2D eigenvalue weighted by molar-refractivity contribution is 6.16. The largest absolute Gasteiger partial charge is 0.344 e. The van der Waals surface area contributed by atoms with Gasteiger partial charge >= 0.3 is 0 Å². The van der Waals surface area contributed by atoms with Gasteiger partial charge in [0.25, 0.3) is 0 Å². The van der Waals surface area contributed by atoms with Crippen molar-refractivity contribution in [3.63, 3.8) is 0 Å². The molecule has 0 saturated heterocycles. The van der Waals surface area contributed by atoms with Crippen LogP contribution in [0, 0.1) is 0 Å². The molecular weight excluding hydrogens is 877 g/mol. The molecule has 72 heavy (non-hydrogen) atoms. The molecule has 11 aromatic rings. The average molecular weight is 923 g/mol. The molecule has 2 aliphatic rings. The molecule has 0 saturated carbocycles. The minimum Gasteiger partial charge on any atom is -0.344 e. The summed E-state index contributed by atoms with van der Waals surface area (Å²) >= 11 is 0. The molecule has 2 aliphatic heterocycles. The highest BCUT2D eigenvalue weighted by Gasteiger charge is 2.24. The summed E-state index contributed by atoms with van der Waals surface area (Å²) in [5.74, 6) is 3.02. The van der Waals surface area contributed by atoms with Crippen molar-refractivity contribution in [1.82, 2.24) is 10.6 Å². The Balaban J connectivity index is 0.809. The summed E-state index contributed by atoms with van der Waals surface area (Å²) in [5.41, 5.74) is 13.2. The van der Waals surface area contributed by atoms with E-state index in [2.05, 4.69) is 211 Å². The van der Waals surface area contributed by atoms with Gasteiger partial charge in [-0.1, -0.05) is 249 Å². The van der Waals surface area contributed by atoms with Gasteiger partial charge in [0, 0.05) is 22.3 Å². The Morgan fingerprint density at radius 3 is 1.19 bits per heavy atom. The number of nitrogens with zero attached hydrogens (tertiary/aromatic N) is 4. The van der Waals surface area contributed by atoms with Gasteiger partial charge in [-0.05, 0) is 82.9 Å². The van der Waals surface area contributed by atoms with Crippen LogP contribution in [0.5, 0.6) is 0 Å². The summed E-state index contributed by atoms with van der Waals surface area (Å²) in [4.78, 5) is 20.3. The second-order valence-electron chi connectivity index (χ2n) is 18.2. The fraction of sp³-hybridized carbons (Fsp3) is 0.0303. The lowest BCUT2D eigenvalue weighted by atomic mass is 9.88. The van der Waals surface area contributed by atoms with Gasteiger partial charge in [0.15, 0.2) is 11.7 Å². The van der Waals surface area contributed by atoms with Gasteiger partial charge in [0.05, 0.1) is 0 Å². The number of aliphatic imine (C=N–C) groups is 4. The van der Waals surface area contributed by atoms with Crippen LogP contribution in [0.4, 0.5) is 0 Å². The minimum atomic E-state index is -0.319. The molecule has 13 rings (SSSR count). The van der Waals surface area contributed by atoms with Crippen molar-refractivity contribution in [3.8, 4) is 33.4 Å². The molecule has 6 heteroatoms. The Hall–Kier alpha value is -9.52. The highest BCUT2D eigenvalue weighted by Crippen LogP contribution is 2.41. The smallest absolute Gasteiger partial charge is 0.159 e. The minimum absolute atomic E-state index is 0.254. The Morgan fingerprint density at radius 2 is 0.639 bits per heavy atom. The second-order valence-corrected chi connectivity index (χ2v) is 18.2. The zero-order valence-electron chi connectivity index (χ0n) is 39.2. The molecular formula is C66H46N6. The van der Waals surface area contributed by atoms with Gasteiger partial charge in [-0.25, -0.2) is 20.0 Å². The number of amidine groups is 4. The summed E-state index contributed by atoms with van der Waals surface area (Å²) in [7, 11) is 0. The highest BCUT2D eigenvalue weighted by atomic mass is 15.2. The number of nitrogens with one attached hydrogen (secondary N) is 2. The van der Waals surface area contributed by atoms with E-state index < -0.39 is 0 Å². The third kappa shape index (κ3) is 8.11. The first kappa shape index (κ1) is 42.6. The van der Waals surface area contributed by atoms with Gasteiger partial charge in [0.2, 0.25) is 0 Å². The molecule has 0 amide bonds. The van der Waals surface area contributed by atoms with Gasteiger partial charge in [0.1, 0.15) is 24.0 Å². The molecule has 0 spiro atoms. The van der Waals surface area contributed by atoms with Crippen molar-refractivity contribution in [3.05, 3.63) is 288 Å². The third-order valence-corrected chi connectivity index (χ3v) is 13.8. The topological polar surface area (TPSA) is 73.5 Å². The van der Waals surface area contributed by atoms with E-state index in [0.29, 0.717) is 11.7 Å². The van der Waals surface area contributed by atoms with Gasteiger partial charge in [-0.3, -0.25) is 0 Å². The first-order valence-corrected chi connectivity index (χ1v) is 24.4. The van der Waals surface area contributed by atoms with Crippen LogP contribution < -0.4 is 10.6 Å². The number of fused-ring (bicyclic) bond motifs is 3. The van der Waals surface area contributed by atoms with Gasteiger partial charge in [-0.15, -0.1) is 0 Å². The van der Waals surface area contributed by atoms with Crippen LogP contribution in [-0.4, -0.2) is 23.3 Å². The maximum absolute atomic E-state index is 5.21. The SMILES string of the molecule is c1ccc(C2=NC(c3ccccc3)NC(c3ccc(-c4ccc(-c5ccc(-c6ccc(C7N=C(c8ccc9ccccc9c8)N=C(c8ccccc8)N7)cc6)c6ccccc56)c5ccccc45)cc3)=N2)cc1. The molecule has 6 nitrogen and oxygen atoms in total. The molecule has 0 aromatic heterocycles. The maximum Gasteiger partial charge on any atom is 0.159 e. The van der Waals surface area contributed by atoms with E-state index in [-0.39, 0.29) is 12.3 Å². The molecule has 340 valence electrons. The van der Waals surface area contributed by atoms with Crippen molar-refractivity contribution in [2.45, 2.75) is 12.3 Å². The fourth-order valence-corrected chi connectivity index (χ4v) is 10.2. The second kappa shape index (κ2) is 18.4. The van der Waals surface area contributed by atoms with E-state index in [1.165, 1.54) is 49.2 Å². The summed E-state index contributed by atoms with van der Waals surface area (Å²) < 4.78 is 0. The van der Waals surface area contributed by atoms with Crippen molar-refractivity contribution in [2.75, 3.05) is 0 Å². The van der Waals surface area contributed by atoms with Crippen molar-refractivity contribution >= 4 is 55.7 Å². The molecule has 0 fully saturated rings. The van der Waals surface area contributed by atoms with E-state index in [1.54, 1.807) is 0 Å². The van der Waals surface area contributed by atoms with E-state index in [0.717, 1.165) is 61.6 Å². The molecule has 2 atom stereocenters. The predicted molar refractivity (Wildman–Crippen MR) is 299 cm³/mol. The quantitative estimate of drug-likeness (QED) is 0.151. The zero-order chi connectivity index (χ0) is 47.8. The molecule has 11 aromatic carbocycles. The summed E-state index contributed by atoms with van der Waals surface area (Å²) in [6, 6.07) is 89.9. The lowest BCUT2D eigenvalue weighted by Crippen LogP contribution is -2.33. The lowest BCUT2D eigenvalue weighted by Gasteiger charge is -2.24. The first-order chi connectivity index (χ1) is 35.7. The number of hydrogen-bond donors (Lipinski definition) is 2. The lowest BCUT2D eigenvalue weighted by molar-refractivity contribution is 0.674. The summed E-state index contributed by atoms with van der Waals surface area (Å²) in [5, 5.41) is 14.4. The predicted octanol–water partition coefficient (Wildman–Crippen LogP) is 15.1. The molecule has 2 unspecified atom stereocenters. The van der Waals surface area contributed by atoms with Crippen LogP contribution in [0.2, 0.25) is 0 Å². The first-order valence-electron chi connectivity index (χ1n) is 24.4. The zero-order valence-corrected chi connectivity index (χ0v) is 39.2. The van der Waals surface area contributed by atoms with Crippen LogP contribution >= 0.6 is 0 Å². The molecule has 2 heterocycles. The van der Waals surface area contributed by atoms with Crippen molar-refractivity contribution in [2.24, 2.45) is 20.0 Å². The molecule has 0 radical (unpaired) electrons. The molecule has 0 aliphatic carbocycles. The van der Waals surface area contributed by atoms with Crippen LogP contribution in [0.25, 0.3) is 65.7 Å². The van der Waals surface area contributed by atoms with Gasteiger partial charge in [-0.2, -0.15) is 0 Å². The number of hydrogen-bond acceptors (Lipinski definition) is 6.